The van der Waals surface area contributed by atoms with Crippen molar-refractivity contribution in [3.63, 3.8) is 0 Å². The Morgan fingerprint density at radius 3 is 2.84 bits per heavy atom. The Kier molecular flexibility index (Phi) is 4.55. The first-order chi connectivity index (χ1) is 9.24. The van der Waals surface area contributed by atoms with Crippen LogP contribution < -0.4 is 10.1 Å². The van der Waals surface area contributed by atoms with Gasteiger partial charge >= 0.3 is 0 Å². The second-order valence-corrected chi connectivity index (χ2v) is 4.21. The number of para-hydroxylation sites is 1. The molecular formula is C14H17N3O2. The molecule has 0 aliphatic carbocycles. The molecule has 19 heavy (non-hydrogen) atoms. The average Bonchev–Trinajstić information content (AvgIpc) is 2.83. The lowest BCUT2D eigenvalue weighted by molar-refractivity contribution is -0.121. The third kappa shape index (κ3) is 4.46. The Morgan fingerprint density at radius 1 is 1.37 bits per heavy atom. The monoisotopic (exact) mass is 259 g/mol. The Morgan fingerprint density at radius 2 is 2.16 bits per heavy atom. The number of nitrogens with one attached hydrogen (secondary N) is 1. The zero-order chi connectivity index (χ0) is 13.5. The van der Waals surface area contributed by atoms with Crippen molar-refractivity contribution in [1.29, 1.82) is 0 Å². The number of nitrogens with zero attached hydrogens (tertiary/aromatic N) is 2. The molecule has 0 unspecified atom stereocenters. The van der Waals surface area contributed by atoms with Gasteiger partial charge in [0.15, 0.2) is 0 Å². The number of carbonyl (C=O) groups excluding carboxylic acids is 1. The van der Waals surface area contributed by atoms with E-state index < -0.39 is 0 Å². The molecule has 1 amide bonds. The van der Waals surface area contributed by atoms with Crippen LogP contribution >= 0.6 is 0 Å². The SMILES string of the molecule is Cn1cc(CNC(=O)CCOc2ccccc2)cn1. The van der Waals surface area contributed by atoms with Gasteiger partial charge in [0, 0.05) is 25.4 Å². The van der Waals surface area contributed by atoms with Gasteiger partial charge in [-0.15, -0.1) is 0 Å². The Balaban J connectivity index is 1.65. The Bertz CT molecular complexity index is 522. The van der Waals surface area contributed by atoms with E-state index in [1.807, 2.05) is 43.6 Å². The van der Waals surface area contributed by atoms with Gasteiger partial charge in [-0.1, -0.05) is 18.2 Å². The van der Waals surface area contributed by atoms with E-state index in [0.717, 1.165) is 11.3 Å². The molecular weight excluding hydrogens is 242 g/mol. The molecule has 0 spiro atoms. The summed E-state index contributed by atoms with van der Waals surface area (Å²) in [5.41, 5.74) is 0.986. The number of amides is 1. The summed E-state index contributed by atoms with van der Waals surface area (Å²) >= 11 is 0. The van der Waals surface area contributed by atoms with Crippen LogP contribution in [0.3, 0.4) is 0 Å². The van der Waals surface area contributed by atoms with E-state index in [1.165, 1.54) is 0 Å². The number of benzene rings is 1. The number of hydrogen-bond acceptors (Lipinski definition) is 3. The second kappa shape index (κ2) is 6.58. The fourth-order valence-corrected chi connectivity index (χ4v) is 1.63. The van der Waals surface area contributed by atoms with E-state index >= 15 is 0 Å². The minimum absolute atomic E-state index is 0.0280. The third-order valence-corrected chi connectivity index (χ3v) is 2.59. The minimum atomic E-state index is -0.0280. The molecule has 5 heteroatoms. The first-order valence-electron chi connectivity index (χ1n) is 6.16. The first-order valence-corrected chi connectivity index (χ1v) is 6.16. The van der Waals surface area contributed by atoms with Crippen molar-refractivity contribution in [2.75, 3.05) is 6.61 Å². The van der Waals surface area contributed by atoms with Gasteiger partial charge in [-0.05, 0) is 12.1 Å². The lowest BCUT2D eigenvalue weighted by atomic mass is 10.3. The molecule has 0 radical (unpaired) electrons. The molecule has 2 rings (SSSR count). The number of carbonyl (C=O) groups is 1. The maximum atomic E-state index is 11.6. The number of hydrogen-bond donors (Lipinski definition) is 1. The maximum Gasteiger partial charge on any atom is 0.223 e. The van der Waals surface area contributed by atoms with E-state index in [0.29, 0.717) is 19.6 Å². The summed E-state index contributed by atoms with van der Waals surface area (Å²) < 4.78 is 7.16. The zero-order valence-corrected chi connectivity index (χ0v) is 10.9. The van der Waals surface area contributed by atoms with Crippen LogP contribution in [0.5, 0.6) is 5.75 Å². The molecule has 0 aliphatic rings. The standard InChI is InChI=1S/C14H17N3O2/c1-17-11-12(10-16-17)9-15-14(18)7-8-19-13-5-3-2-4-6-13/h2-6,10-11H,7-9H2,1H3,(H,15,18). The van der Waals surface area contributed by atoms with Gasteiger partial charge in [0.25, 0.3) is 0 Å². The van der Waals surface area contributed by atoms with Crippen molar-refractivity contribution in [3.05, 3.63) is 48.3 Å². The summed E-state index contributed by atoms with van der Waals surface area (Å²) in [7, 11) is 1.85. The lowest BCUT2D eigenvalue weighted by Gasteiger charge is -2.06. The summed E-state index contributed by atoms with van der Waals surface area (Å²) in [5, 5.41) is 6.86. The summed E-state index contributed by atoms with van der Waals surface area (Å²) in [6, 6.07) is 9.46. The molecule has 1 aromatic heterocycles. The van der Waals surface area contributed by atoms with E-state index in [1.54, 1.807) is 10.9 Å². The minimum Gasteiger partial charge on any atom is -0.493 e. The van der Waals surface area contributed by atoms with Crippen molar-refractivity contribution < 1.29 is 9.53 Å². The van der Waals surface area contributed by atoms with Crippen molar-refractivity contribution >= 4 is 5.91 Å². The molecule has 0 aliphatic heterocycles. The summed E-state index contributed by atoms with van der Waals surface area (Å²) in [5.74, 6) is 0.752. The molecule has 100 valence electrons. The topological polar surface area (TPSA) is 56.2 Å². The smallest absolute Gasteiger partial charge is 0.223 e. The van der Waals surface area contributed by atoms with Gasteiger partial charge in [-0.3, -0.25) is 9.48 Å². The van der Waals surface area contributed by atoms with Gasteiger partial charge in [0.1, 0.15) is 5.75 Å². The fraction of sp³-hybridized carbons (Fsp3) is 0.286. The fourth-order valence-electron chi connectivity index (χ4n) is 1.63. The first kappa shape index (κ1) is 13.1. The second-order valence-electron chi connectivity index (χ2n) is 4.21. The highest BCUT2D eigenvalue weighted by atomic mass is 16.5. The molecule has 1 N–H and O–H groups in total. The largest absolute Gasteiger partial charge is 0.493 e. The molecule has 1 heterocycles. The molecule has 0 atom stereocenters. The summed E-state index contributed by atoms with van der Waals surface area (Å²) in [4.78, 5) is 11.6. The van der Waals surface area contributed by atoms with E-state index in [4.69, 9.17) is 4.74 Å². The van der Waals surface area contributed by atoms with Gasteiger partial charge in [-0.2, -0.15) is 5.10 Å². The predicted molar refractivity (Wildman–Crippen MR) is 71.6 cm³/mol. The van der Waals surface area contributed by atoms with Crippen LogP contribution in [0.2, 0.25) is 0 Å². The van der Waals surface area contributed by atoms with Crippen LogP contribution in [-0.4, -0.2) is 22.3 Å². The Labute approximate surface area is 112 Å². The summed E-state index contributed by atoms with van der Waals surface area (Å²) in [6.45, 7) is 0.876. The summed E-state index contributed by atoms with van der Waals surface area (Å²) in [6.07, 6.45) is 3.96. The number of rotatable bonds is 6. The van der Waals surface area contributed by atoms with Crippen LogP contribution in [0.4, 0.5) is 0 Å². The van der Waals surface area contributed by atoms with E-state index in [2.05, 4.69) is 10.4 Å². The van der Waals surface area contributed by atoms with Crippen molar-refractivity contribution in [3.8, 4) is 5.75 Å². The van der Waals surface area contributed by atoms with Crippen LogP contribution in [0.1, 0.15) is 12.0 Å². The van der Waals surface area contributed by atoms with Crippen molar-refractivity contribution in [2.45, 2.75) is 13.0 Å². The van der Waals surface area contributed by atoms with Crippen molar-refractivity contribution in [2.24, 2.45) is 7.05 Å². The average molecular weight is 259 g/mol. The number of ether oxygens (including phenoxy) is 1. The molecule has 0 saturated heterocycles. The Hall–Kier alpha value is -2.30. The van der Waals surface area contributed by atoms with Crippen molar-refractivity contribution in [1.82, 2.24) is 15.1 Å². The molecule has 5 nitrogen and oxygen atoms in total. The van der Waals surface area contributed by atoms with Gasteiger partial charge < -0.3 is 10.1 Å². The number of aromatic nitrogens is 2. The molecule has 2 aromatic rings. The highest BCUT2D eigenvalue weighted by Gasteiger charge is 2.03. The third-order valence-electron chi connectivity index (χ3n) is 2.59. The highest BCUT2D eigenvalue weighted by Crippen LogP contribution is 2.08. The normalized spacial score (nSPS) is 10.2. The molecule has 0 fully saturated rings. The molecule has 0 bridgehead atoms. The van der Waals surface area contributed by atoms with Gasteiger partial charge in [-0.25, -0.2) is 0 Å². The quantitative estimate of drug-likeness (QED) is 0.855. The van der Waals surface area contributed by atoms with Gasteiger partial charge in [0.05, 0.1) is 19.2 Å². The molecule has 0 saturated carbocycles. The predicted octanol–water partition coefficient (Wildman–Crippen LogP) is 1.51. The lowest BCUT2D eigenvalue weighted by Crippen LogP contribution is -2.24. The van der Waals surface area contributed by atoms with Crippen LogP contribution in [0, 0.1) is 0 Å². The highest BCUT2D eigenvalue weighted by molar-refractivity contribution is 5.75. The zero-order valence-electron chi connectivity index (χ0n) is 10.9. The maximum absolute atomic E-state index is 11.6. The van der Waals surface area contributed by atoms with E-state index in [-0.39, 0.29) is 5.91 Å². The number of aryl methyl sites for hydroxylation is 1. The molecule has 1 aromatic carbocycles. The van der Waals surface area contributed by atoms with E-state index in [9.17, 15) is 4.79 Å². The van der Waals surface area contributed by atoms with Crippen LogP contribution in [-0.2, 0) is 18.4 Å². The van der Waals surface area contributed by atoms with Gasteiger partial charge in [0.2, 0.25) is 5.91 Å². The van der Waals surface area contributed by atoms with Crippen LogP contribution in [0.15, 0.2) is 42.7 Å². The van der Waals surface area contributed by atoms with Crippen LogP contribution in [0.25, 0.3) is 0 Å².